The highest BCUT2D eigenvalue weighted by atomic mass is 127. The van der Waals surface area contributed by atoms with Gasteiger partial charge in [0, 0.05) is 16.8 Å². The molecule has 2 aromatic rings. The van der Waals surface area contributed by atoms with Crippen molar-refractivity contribution < 1.29 is 4.79 Å². The number of thiophene rings is 2. The Balaban J connectivity index is 2.11. The van der Waals surface area contributed by atoms with Gasteiger partial charge >= 0.3 is 0 Å². The van der Waals surface area contributed by atoms with Crippen molar-refractivity contribution in [3.05, 3.63) is 40.7 Å². The van der Waals surface area contributed by atoms with Gasteiger partial charge in [-0.15, -0.1) is 22.7 Å². The first-order valence-electron chi connectivity index (χ1n) is 5.37. The second-order valence-corrected chi connectivity index (χ2v) is 9.02. The lowest BCUT2D eigenvalue weighted by molar-refractivity contribution is 0.0754. The average molecular weight is 456 g/mol. The van der Waals surface area contributed by atoms with Crippen molar-refractivity contribution in [2.24, 2.45) is 0 Å². The summed E-state index contributed by atoms with van der Waals surface area (Å²) in [4.78, 5) is 15.4. The fraction of sp³-hybridized carbons (Fsp3) is 0.250. The highest BCUT2D eigenvalue weighted by molar-refractivity contribution is 14.1. The molecule has 0 bridgehead atoms. The first-order chi connectivity index (χ1) is 8.60. The number of nitrogens with zero attached hydrogens (tertiary/aromatic N) is 1. The predicted molar refractivity (Wildman–Crippen MR) is 89.5 cm³/mol. The normalized spacial score (nSPS) is 10.6. The quantitative estimate of drug-likeness (QED) is 0.604. The fourth-order valence-electron chi connectivity index (χ4n) is 1.56. The molecule has 2 aromatic heterocycles. The number of halogens is 2. The van der Waals surface area contributed by atoms with E-state index in [2.05, 4.69) is 44.6 Å². The van der Waals surface area contributed by atoms with Crippen molar-refractivity contribution in [2.75, 3.05) is 6.54 Å². The lowest BCUT2D eigenvalue weighted by Gasteiger charge is -2.19. The molecule has 0 aliphatic rings. The Bertz CT molecular complexity index is 552. The molecule has 0 spiro atoms. The van der Waals surface area contributed by atoms with Crippen molar-refractivity contribution in [1.82, 2.24) is 4.90 Å². The molecule has 6 heteroatoms. The van der Waals surface area contributed by atoms with E-state index >= 15 is 0 Å². The molecule has 0 aliphatic carbocycles. The summed E-state index contributed by atoms with van der Waals surface area (Å²) in [6.45, 7) is 3.41. The molecule has 2 rings (SSSR count). The van der Waals surface area contributed by atoms with E-state index in [1.807, 2.05) is 29.3 Å². The Labute approximate surface area is 136 Å². The Morgan fingerprint density at radius 1 is 1.50 bits per heavy atom. The summed E-state index contributed by atoms with van der Waals surface area (Å²) < 4.78 is 2.25. The summed E-state index contributed by atoms with van der Waals surface area (Å²) in [6, 6.07) is 6.02. The molecule has 0 aliphatic heterocycles. The van der Waals surface area contributed by atoms with Gasteiger partial charge in [-0.1, -0.05) is 0 Å². The predicted octanol–water partition coefficient (Wildman–Crippen LogP) is 4.84. The molecule has 0 fully saturated rings. The number of hydrogen-bond donors (Lipinski definition) is 0. The zero-order valence-electron chi connectivity index (χ0n) is 9.65. The molecule has 0 N–H and O–H groups in total. The molecule has 0 atom stereocenters. The third-order valence-corrected chi connectivity index (χ3v) is 5.86. The number of rotatable bonds is 4. The van der Waals surface area contributed by atoms with Crippen molar-refractivity contribution in [2.45, 2.75) is 13.5 Å². The van der Waals surface area contributed by atoms with Gasteiger partial charge in [0.1, 0.15) is 0 Å². The number of carbonyl (C=O) groups excluding carboxylic acids is 1. The summed E-state index contributed by atoms with van der Waals surface area (Å²) in [5.41, 5.74) is 0.793. The second kappa shape index (κ2) is 6.49. The van der Waals surface area contributed by atoms with Crippen LogP contribution in [0.3, 0.4) is 0 Å². The van der Waals surface area contributed by atoms with E-state index in [-0.39, 0.29) is 5.91 Å². The van der Waals surface area contributed by atoms with Crippen molar-refractivity contribution in [3.8, 4) is 0 Å². The van der Waals surface area contributed by atoms with Crippen LogP contribution in [0.2, 0.25) is 0 Å². The summed E-state index contributed by atoms with van der Waals surface area (Å²) in [7, 11) is 0. The van der Waals surface area contributed by atoms with E-state index in [1.54, 1.807) is 22.7 Å². The minimum absolute atomic E-state index is 0.112. The molecule has 2 heterocycles. The minimum atomic E-state index is 0.112. The number of hydrogen-bond acceptors (Lipinski definition) is 3. The molecule has 1 amide bonds. The van der Waals surface area contributed by atoms with Crippen LogP contribution in [-0.2, 0) is 6.54 Å². The van der Waals surface area contributed by atoms with E-state index in [4.69, 9.17) is 0 Å². The van der Waals surface area contributed by atoms with Crippen molar-refractivity contribution >= 4 is 67.1 Å². The van der Waals surface area contributed by atoms with E-state index < -0.39 is 0 Å². The first kappa shape index (κ1) is 14.5. The first-order valence-corrected chi connectivity index (χ1v) is 8.94. The van der Waals surface area contributed by atoms with Gasteiger partial charge < -0.3 is 4.90 Å². The van der Waals surface area contributed by atoms with Crippen LogP contribution in [0.1, 0.15) is 22.2 Å². The summed E-state index contributed by atoms with van der Waals surface area (Å²) in [5, 5.41) is 1.93. The number of amides is 1. The maximum Gasteiger partial charge on any atom is 0.255 e. The highest BCUT2D eigenvalue weighted by Gasteiger charge is 2.16. The zero-order chi connectivity index (χ0) is 13.1. The van der Waals surface area contributed by atoms with E-state index in [0.717, 1.165) is 18.8 Å². The summed E-state index contributed by atoms with van der Waals surface area (Å²) in [5.74, 6) is 0.112. The van der Waals surface area contributed by atoms with Crippen LogP contribution in [0, 0.1) is 2.88 Å². The maximum absolute atomic E-state index is 12.3. The smallest absolute Gasteiger partial charge is 0.255 e. The van der Waals surface area contributed by atoms with Crippen LogP contribution in [0.15, 0.2) is 27.4 Å². The molecule has 96 valence electrons. The van der Waals surface area contributed by atoms with Gasteiger partial charge in [0.05, 0.1) is 18.8 Å². The van der Waals surface area contributed by atoms with Crippen LogP contribution < -0.4 is 0 Å². The van der Waals surface area contributed by atoms with Gasteiger partial charge in [0.15, 0.2) is 0 Å². The van der Waals surface area contributed by atoms with Crippen LogP contribution in [0.5, 0.6) is 0 Å². The van der Waals surface area contributed by atoms with Gasteiger partial charge in [0.2, 0.25) is 0 Å². The van der Waals surface area contributed by atoms with E-state index in [1.165, 1.54) is 4.88 Å². The monoisotopic (exact) mass is 455 g/mol. The van der Waals surface area contributed by atoms with Gasteiger partial charge in [-0.3, -0.25) is 4.79 Å². The Hall–Kier alpha value is 0.0800. The summed E-state index contributed by atoms with van der Waals surface area (Å²) >= 11 is 8.96. The van der Waals surface area contributed by atoms with Gasteiger partial charge in [-0.2, -0.15) is 0 Å². The molecule has 0 unspecified atom stereocenters. The van der Waals surface area contributed by atoms with E-state index in [9.17, 15) is 4.79 Å². The molecule has 0 radical (unpaired) electrons. The lowest BCUT2D eigenvalue weighted by atomic mass is 10.3. The van der Waals surface area contributed by atoms with Crippen LogP contribution in [0.25, 0.3) is 0 Å². The third kappa shape index (κ3) is 3.55. The van der Waals surface area contributed by atoms with Crippen molar-refractivity contribution in [1.29, 1.82) is 0 Å². The topological polar surface area (TPSA) is 20.3 Å². The molecule has 18 heavy (non-hydrogen) atoms. The lowest BCUT2D eigenvalue weighted by Crippen LogP contribution is -2.29. The standard InChI is InChI=1S/C12H11BrINOS2/c1-2-15(6-9-3-4-10(13)18-9)12(16)8-5-11(14)17-7-8/h3-5,7H,2,6H2,1H3. The summed E-state index contributed by atoms with van der Waals surface area (Å²) in [6.07, 6.45) is 0. The maximum atomic E-state index is 12.3. The van der Waals surface area contributed by atoms with Gasteiger partial charge in [-0.05, 0) is 63.6 Å². The Morgan fingerprint density at radius 3 is 2.78 bits per heavy atom. The van der Waals surface area contributed by atoms with Crippen molar-refractivity contribution in [3.63, 3.8) is 0 Å². The molecule has 2 nitrogen and oxygen atoms in total. The molecule has 0 saturated carbocycles. The fourth-order valence-corrected chi connectivity index (χ4v) is 4.38. The number of carbonyl (C=O) groups is 1. The molecule has 0 aromatic carbocycles. The Morgan fingerprint density at radius 2 is 2.28 bits per heavy atom. The SMILES string of the molecule is CCN(Cc1ccc(Br)s1)C(=O)c1csc(I)c1. The minimum Gasteiger partial charge on any atom is -0.334 e. The average Bonchev–Trinajstić information content (AvgIpc) is 2.94. The third-order valence-electron chi connectivity index (χ3n) is 2.46. The Kier molecular flexibility index (Phi) is 5.23. The molecule has 0 saturated heterocycles. The van der Waals surface area contributed by atoms with Crippen LogP contribution in [0.4, 0.5) is 0 Å². The second-order valence-electron chi connectivity index (χ2n) is 3.66. The van der Waals surface area contributed by atoms with Crippen LogP contribution in [-0.4, -0.2) is 17.4 Å². The molecular formula is C12H11BrINOS2. The zero-order valence-corrected chi connectivity index (χ0v) is 15.0. The van der Waals surface area contributed by atoms with Gasteiger partial charge in [-0.25, -0.2) is 0 Å². The van der Waals surface area contributed by atoms with Gasteiger partial charge in [0.25, 0.3) is 5.91 Å². The molecular weight excluding hydrogens is 445 g/mol. The van der Waals surface area contributed by atoms with Crippen LogP contribution >= 0.6 is 61.2 Å². The largest absolute Gasteiger partial charge is 0.334 e. The highest BCUT2D eigenvalue weighted by Crippen LogP contribution is 2.24. The van der Waals surface area contributed by atoms with E-state index in [0.29, 0.717) is 6.54 Å².